The summed E-state index contributed by atoms with van der Waals surface area (Å²) < 4.78 is 0. The van der Waals surface area contributed by atoms with Crippen LogP contribution in [0.4, 0.5) is 0 Å². The predicted molar refractivity (Wildman–Crippen MR) is 68.0 cm³/mol. The maximum Gasteiger partial charge on any atom is 0.136 e. The number of rotatable bonds is 8. The first-order valence-corrected chi connectivity index (χ1v) is 7.68. The zero-order valence-electron chi connectivity index (χ0n) is 10.2. The van der Waals surface area contributed by atoms with E-state index in [4.69, 9.17) is 0 Å². The minimum absolute atomic E-state index is 0.808. The average Bonchev–Trinajstić information content (AvgIpc) is 2.24. The van der Waals surface area contributed by atoms with Crippen LogP contribution in [0.1, 0.15) is 34.1 Å². The van der Waals surface area contributed by atoms with Crippen LogP contribution < -0.4 is 4.98 Å². The van der Waals surface area contributed by atoms with Gasteiger partial charge in [-0.2, -0.15) is 0 Å². The molecule has 0 aliphatic carbocycles. The number of nitrogens with one attached hydrogen (secondary N) is 1. The molecule has 14 heavy (non-hydrogen) atoms. The van der Waals surface area contributed by atoms with Crippen molar-refractivity contribution < 1.29 is 0 Å². The molecule has 0 aromatic rings. The van der Waals surface area contributed by atoms with E-state index in [0.717, 1.165) is 25.3 Å². The average molecular weight is 214 g/mol. The van der Waals surface area contributed by atoms with E-state index < -0.39 is 8.96 Å². The molecule has 3 heteroatoms. The highest BCUT2D eigenvalue weighted by Gasteiger charge is 2.13. The van der Waals surface area contributed by atoms with Crippen LogP contribution in [0, 0.1) is 0 Å². The van der Waals surface area contributed by atoms with E-state index in [0.29, 0.717) is 0 Å². The van der Waals surface area contributed by atoms with Crippen molar-refractivity contribution in [1.82, 2.24) is 9.88 Å². The fourth-order valence-corrected chi connectivity index (χ4v) is 3.46. The molecule has 0 aromatic carbocycles. The molecule has 84 valence electrons. The van der Waals surface area contributed by atoms with Gasteiger partial charge in [-0.05, 0) is 18.6 Å². The molecule has 0 amide bonds. The van der Waals surface area contributed by atoms with Crippen LogP contribution in [-0.2, 0) is 0 Å². The molecule has 0 saturated heterocycles. The highest BCUT2D eigenvalue weighted by Crippen LogP contribution is 2.11. The van der Waals surface area contributed by atoms with Crippen LogP contribution in [0.5, 0.6) is 0 Å². The third-order valence-electron chi connectivity index (χ3n) is 2.96. The van der Waals surface area contributed by atoms with Gasteiger partial charge >= 0.3 is 0 Å². The molecule has 0 fully saturated rings. The summed E-state index contributed by atoms with van der Waals surface area (Å²) in [5, 5.41) is 0. The fourth-order valence-electron chi connectivity index (χ4n) is 1.45. The molecule has 2 unspecified atom stereocenters. The number of hydrogen-bond acceptors (Lipinski definition) is 2. The van der Waals surface area contributed by atoms with Crippen LogP contribution in [0.3, 0.4) is 0 Å². The molecule has 0 radical (unpaired) electrons. The lowest BCUT2D eigenvalue weighted by Gasteiger charge is -2.24. The van der Waals surface area contributed by atoms with Gasteiger partial charge in [0.05, 0.1) is 0 Å². The Morgan fingerprint density at radius 1 is 1.36 bits per heavy atom. The van der Waals surface area contributed by atoms with Crippen molar-refractivity contribution in [3.63, 3.8) is 0 Å². The van der Waals surface area contributed by atoms with E-state index in [2.05, 4.69) is 49.9 Å². The van der Waals surface area contributed by atoms with E-state index >= 15 is 0 Å². The van der Waals surface area contributed by atoms with E-state index in [1.807, 2.05) is 0 Å². The van der Waals surface area contributed by atoms with Gasteiger partial charge in [0.25, 0.3) is 0 Å². The SMILES string of the molecule is C=C[SiH](NCN(CC)CC)C(C)CC. The Hall–Kier alpha value is -0.123. The van der Waals surface area contributed by atoms with E-state index in [-0.39, 0.29) is 0 Å². The van der Waals surface area contributed by atoms with Gasteiger partial charge in [-0.3, -0.25) is 4.90 Å². The van der Waals surface area contributed by atoms with Gasteiger partial charge in [0.2, 0.25) is 0 Å². The molecule has 1 N–H and O–H groups in total. The molecule has 0 spiro atoms. The third kappa shape index (κ3) is 4.93. The first-order chi connectivity index (χ1) is 6.69. The van der Waals surface area contributed by atoms with Gasteiger partial charge in [0.1, 0.15) is 8.96 Å². The third-order valence-corrected chi connectivity index (χ3v) is 5.82. The normalized spacial score (nSPS) is 15.5. The molecule has 0 aromatic heterocycles. The molecule has 2 atom stereocenters. The largest absolute Gasteiger partial charge is 0.324 e. The van der Waals surface area contributed by atoms with E-state index in [1.165, 1.54) is 6.42 Å². The quantitative estimate of drug-likeness (QED) is 0.492. The number of nitrogens with zero attached hydrogens (tertiary/aromatic N) is 1. The molecule has 0 heterocycles. The predicted octanol–water partition coefficient (Wildman–Crippen LogP) is 2.12. The molecule has 0 saturated carbocycles. The summed E-state index contributed by atoms with van der Waals surface area (Å²) in [6.45, 7) is 16.2. The van der Waals surface area contributed by atoms with Crippen LogP contribution in [0.25, 0.3) is 0 Å². The van der Waals surface area contributed by atoms with Gasteiger partial charge in [-0.25, -0.2) is 0 Å². The van der Waals surface area contributed by atoms with Crippen molar-refractivity contribution in [2.45, 2.75) is 39.7 Å². The Bertz CT molecular complexity index is 146. The maximum absolute atomic E-state index is 3.94. The topological polar surface area (TPSA) is 15.3 Å². The standard InChI is InChI=1S/C11H26N2Si/c1-6-11(5)14(9-4)12-10-13(7-2)8-3/h9,11-12,14H,4,6-8,10H2,1-3,5H3. The lowest BCUT2D eigenvalue weighted by molar-refractivity contribution is 0.299. The Kier molecular flexibility index (Phi) is 8.13. The van der Waals surface area contributed by atoms with Crippen LogP contribution in [0.2, 0.25) is 5.54 Å². The summed E-state index contributed by atoms with van der Waals surface area (Å²) >= 11 is 0. The summed E-state index contributed by atoms with van der Waals surface area (Å²) in [7, 11) is -0.919. The van der Waals surface area contributed by atoms with Crippen molar-refractivity contribution in [2.75, 3.05) is 19.8 Å². The van der Waals surface area contributed by atoms with E-state index in [1.54, 1.807) is 0 Å². The molecule has 2 nitrogen and oxygen atoms in total. The van der Waals surface area contributed by atoms with Crippen LogP contribution in [0.15, 0.2) is 12.3 Å². The molecule has 0 bridgehead atoms. The van der Waals surface area contributed by atoms with Crippen molar-refractivity contribution in [2.24, 2.45) is 0 Å². The molecule has 0 aliphatic rings. The fraction of sp³-hybridized carbons (Fsp3) is 0.818. The van der Waals surface area contributed by atoms with Crippen LogP contribution in [-0.4, -0.2) is 33.6 Å². The summed E-state index contributed by atoms with van der Waals surface area (Å²) in [6.07, 6.45) is 1.26. The Morgan fingerprint density at radius 3 is 2.29 bits per heavy atom. The van der Waals surface area contributed by atoms with Gasteiger partial charge in [-0.1, -0.05) is 39.8 Å². The first-order valence-electron chi connectivity index (χ1n) is 5.77. The second-order valence-corrected chi connectivity index (χ2v) is 6.88. The Labute approximate surface area is 91.1 Å². The zero-order valence-corrected chi connectivity index (χ0v) is 11.4. The summed E-state index contributed by atoms with van der Waals surface area (Å²) in [5.74, 6) is 0. The summed E-state index contributed by atoms with van der Waals surface area (Å²) in [4.78, 5) is 6.08. The van der Waals surface area contributed by atoms with E-state index in [9.17, 15) is 0 Å². The lowest BCUT2D eigenvalue weighted by Crippen LogP contribution is -2.43. The van der Waals surface area contributed by atoms with Gasteiger partial charge in [-0.15, -0.1) is 6.58 Å². The smallest absolute Gasteiger partial charge is 0.136 e. The highest BCUT2D eigenvalue weighted by molar-refractivity contribution is 6.63. The van der Waals surface area contributed by atoms with Crippen molar-refractivity contribution in [3.8, 4) is 0 Å². The van der Waals surface area contributed by atoms with Crippen molar-refractivity contribution in [1.29, 1.82) is 0 Å². The van der Waals surface area contributed by atoms with Gasteiger partial charge in [0.15, 0.2) is 0 Å². The van der Waals surface area contributed by atoms with Crippen LogP contribution >= 0.6 is 0 Å². The second-order valence-electron chi connectivity index (χ2n) is 3.81. The lowest BCUT2D eigenvalue weighted by atomic mass is 10.4. The monoisotopic (exact) mass is 214 g/mol. The first kappa shape index (κ1) is 13.9. The Morgan fingerprint density at radius 2 is 1.93 bits per heavy atom. The second kappa shape index (κ2) is 8.21. The molecular formula is C11H26N2Si. The maximum atomic E-state index is 3.94. The Balaban J connectivity index is 3.87. The highest BCUT2D eigenvalue weighted by atomic mass is 28.3. The minimum Gasteiger partial charge on any atom is -0.324 e. The zero-order chi connectivity index (χ0) is 11.0. The summed E-state index contributed by atoms with van der Waals surface area (Å²) in [6, 6.07) is 0. The molecule has 0 rings (SSSR count). The number of hydrogen-bond donors (Lipinski definition) is 1. The molecular weight excluding hydrogens is 188 g/mol. The molecule has 0 aliphatic heterocycles. The van der Waals surface area contributed by atoms with Crippen molar-refractivity contribution in [3.05, 3.63) is 12.3 Å². The summed E-state index contributed by atoms with van der Waals surface area (Å²) in [5.41, 5.74) is 2.97. The van der Waals surface area contributed by atoms with Crippen molar-refractivity contribution >= 4 is 8.96 Å². The minimum atomic E-state index is -0.919. The van der Waals surface area contributed by atoms with Gasteiger partial charge in [0, 0.05) is 6.67 Å². The van der Waals surface area contributed by atoms with Gasteiger partial charge < -0.3 is 4.98 Å².